The second kappa shape index (κ2) is 14.3. The van der Waals surface area contributed by atoms with Crippen molar-refractivity contribution in [2.24, 2.45) is 5.92 Å². The summed E-state index contributed by atoms with van der Waals surface area (Å²) in [6, 6.07) is 5.67. The van der Waals surface area contributed by atoms with Crippen molar-refractivity contribution in [2.45, 2.75) is 71.4 Å². The van der Waals surface area contributed by atoms with Crippen molar-refractivity contribution < 1.29 is 36.9 Å². The number of carbonyl (C=O) groups excluding carboxylic acids is 1. The van der Waals surface area contributed by atoms with E-state index in [1.165, 1.54) is 19.2 Å². The first-order valence-electron chi connectivity index (χ1n) is 13.7. The molecule has 226 valence electrons. The SMILES string of the molecule is CC(C)C(=O)OC(CC(O)/C=C/c1c(-c2ccc(F)cc2)nc(N(C)S(C)(=O)=O)nc1C(C)C)CC1OCCCO1. The fourth-order valence-corrected chi connectivity index (χ4v) is 4.51. The molecular weight excluding hydrogens is 553 g/mol. The summed E-state index contributed by atoms with van der Waals surface area (Å²) in [5.74, 6) is -1.34. The summed E-state index contributed by atoms with van der Waals surface area (Å²) in [6.45, 7) is 8.37. The number of rotatable bonds is 12. The monoisotopic (exact) mass is 593 g/mol. The van der Waals surface area contributed by atoms with Gasteiger partial charge in [-0.2, -0.15) is 0 Å². The van der Waals surface area contributed by atoms with Gasteiger partial charge in [-0.1, -0.05) is 39.8 Å². The van der Waals surface area contributed by atoms with Crippen molar-refractivity contribution in [3.05, 3.63) is 47.4 Å². The molecule has 41 heavy (non-hydrogen) atoms. The lowest BCUT2D eigenvalue weighted by molar-refractivity contribution is -0.198. The average molecular weight is 594 g/mol. The number of aliphatic hydroxyl groups is 1. The van der Waals surface area contributed by atoms with E-state index in [9.17, 15) is 22.7 Å². The predicted octanol–water partition coefficient (Wildman–Crippen LogP) is 4.29. The van der Waals surface area contributed by atoms with Crippen LogP contribution in [0.25, 0.3) is 17.3 Å². The minimum Gasteiger partial charge on any atom is -0.462 e. The van der Waals surface area contributed by atoms with Crippen LogP contribution < -0.4 is 4.31 Å². The molecule has 2 atom stereocenters. The molecule has 0 radical (unpaired) electrons. The number of benzene rings is 1. The normalized spacial score (nSPS) is 16.3. The van der Waals surface area contributed by atoms with Crippen LogP contribution in [0.3, 0.4) is 0 Å². The first-order chi connectivity index (χ1) is 19.3. The number of esters is 1. The third-order valence-electron chi connectivity index (χ3n) is 6.50. The minimum atomic E-state index is -3.66. The van der Waals surface area contributed by atoms with E-state index in [2.05, 4.69) is 9.97 Å². The maximum atomic E-state index is 13.7. The molecular formula is C29H40FN3O7S. The molecule has 1 aliphatic heterocycles. The molecule has 0 bridgehead atoms. The second-order valence-corrected chi connectivity index (χ2v) is 12.7. The number of aliphatic hydroxyl groups excluding tert-OH is 1. The molecule has 0 saturated carbocycles. The van der Waals surface area contributed by atoms with Crippen LogP contribution in [0.5, 0.6) is 0 Å². The lowest BCUT2D eigenvalue weighted by Gasteiger charge is -2.28. The Morgan fingerprint density at radius 3 is 2.37 bits per heavy atom. The molecule has 10 nitrogen and oxygen atoms in total. The third-order valence-corrected chi connectivity index (χ3v) is 7.66. The number of anilines is 1. The zero-order chi connectivity index (χ0) is 30.3. The van der Waals surface area contributed by atoms with E-state index in [0.717, 1.165) is 17.0 Å². The van der Waals surface area contributed by atoms with Crippen LogP contribution >= 0.6 is 0 Å². The highest BCUT2D eigenvalue weighted by atomic mass is 32.2. The quantitative estimate of drug-likeness (QED) is 0.359. The lowest BCUT2D eigenvalue weighted by atomic mass is 9.97. The highest BCUT2D eigenvalue weighted by Gasteiger charge is 2.27. The first kappa shape index (κ1) is 32.6. The van der Waals surface area contributed by atoms with E-state index >= 15 is 0 Å². The molecule has 2 aromatic rings. The van der Waals surface area contributed by atoms with Crippen molar-refractivity contribution in [3.63, 3.8) is 0 Å². The molecule has 3 rings (SSSR count). The molecule has 0 spiro atoms. The Hall–Kier alpha value is -2.93. The lowest BCUT2D eigenvalue weighted by Crippen LogP contribution is -2.33. The highest BCUT2D eigenvalue weighted by molar-refractivity contribution is 7.92. The van der Waals surface area contributed by atoms with Crippen LogP contribution in [0.4, 0.5) is 10.3 Å². The van der Waals surface area contributed by atoms with Gasteiger partial charge in [0.05, 0.1) is 42.9 Å². The van der Waals surface area contributed by atoms with Gasteiger partial charge in [-0.3, -0.25) is 4.79 Å². The van der Waals surface area contributed by atoms with E-state index in [-0.39, 0.29) is 36.6 Å². The van der Waals surface area contributed by atoms with Crippen molar-refractivity contribution in [1.29, 1.82) is 0 Å². The van der Waals surface area contributed by atoms with E-state index < -0.39 is 34.3 Å². The van der Waals surface area contributed by atoms with Crippen molar-refractivity contribution in [2.75, 3.05) is 30.8 Å². The molecule has 1 aromatic carbocycles. The molecule has 1 aromatic heterocycles. The number of halogens is 1. The van der Waals surface area contributed by atoms with Crippen molar-refractivity contribution in [1.82, 2.24) is 9.97 Å². The fourth-order valence-electron chi connectivity index (χ4n) is 4.13. The van der Waals surface area contributed by atoms with Crippen molar-refractivity contribution >= 4 is 28.0 Å². The Kier molecular flexibility index (Phi) is 11.4. The first-order valence-corrected chi connectivity index (χ1v) is 15.5. The van der Waals surface area contributed by atoms with Crippen molar-refractivity contribution in [3.8, 4) is 11.3 Å². The van der Waals surface area contributed by atoms with Gasteiger partial charge in [0.2, 0.25) is 16.0 Å². The number of aromatic nitrogens is 2. The topological polar surface area (TPSA) is 128 Å². The molecule has 2 unspecified atom stereocenters. The Morgan fingerprint density at radius 1 is 1.17 bits per heavy atom. The van der Waals surface area contributed by atoms with Gasteiger partial charge in [-0.15, -0.1) is 0 Å². The summed E-state index contributed by atoms with van der Waals surface area (Å²) < 4.78 is 56.2. The Bertz CT molecular complexity index is 1310. The molecule has 1 N–H and O–H groups in total. The van der Waals surface area contributed by atoms with Crippen LogP contribution in [0.1, 0.15) is 64.1 Å². The molecule has 0 amide bonds. The van der Waals surface area contributed by atoms with E-state index in [1.807, 2.05) is 13.8 Å². The van der Waals surface area contributed by atoms with Gasteiger partial charge >= 0.3 is 5.97 Å². The number of hydrogen-bond donors (Lipinski definition) is 1. The summed E-state index contributed by atoms with van der Waals surface area (Å²) in [6.07, 6.45) is 3.21. The largest absolute Gasteiger partial charge is 0.462 e. The summed E-state index contributed by atoms with van der Waals surface area (Å²) in [5.41, 5.74) is 2.01. The summed E-state index contributed by atoms with van der Waals surface area (Å²) >= 11 is 0. The maximum absolute atomic E-state index is 13.7. The standard InChI is InChI=1S/C29H40FN3O7S/c1-18(2)26-24(27(20-8-10-21(30)11-9-20)32-29(31-26)33(5)41(6,36)37)13-12-22(34)16-23(40-28(35)19(3)4)17-25-38-14-7-15-39-25/h8-13,18-19,22-23,25,34H,7,14-17H2,1-6H3/b13-12+. The molecule has 1 fully saturated rings. The van der Waals surface area contributed by atoms with Crippen LogP contribution in [0, 0.1) is 11.7 Å². The van der Waals surface area contributed by atoms with Gasteiger partial charge in [0, 0.05) is 31.0 Å². The Morgan fingerprint density at radius 2 is 1.80 bits per heavy atom. The van der Waals surface area contributed by atoms with Crippen LogP contribution in [0.2, 0.25) is 0 Å². The van der Waals surface area contributed by atoms with Gasteiger partial charge in [0.1, 0.15) is 11.9 Å². The number of ether oxygens (including phenoxy) is 3. The fraction of sp³-hybridized carbons (Fsp3) is 0.552. The van der Waals surface area contributed by atoms with E-state index in [4.69, 9.17) is 14.2 Å². The number of hydrogen-bond acceptors (Lipinski definition) is 9. The van der Waals surface area contributed by atoms with Gasteiger partial charge in [0.25, 0.3) is 0 Å². The number of carbonyl (C=O) groups is 1. The molecule has 1 saturated heterocycles. The van der Waals surface area contributed by atoms with Crippen LogP contribution in [-0.2, 0) is 29.0 Å². The summed E-state index contributed by atoms with van der Waals surface area (Å²) in [5, 5.41) is 11.0. The molecule has 2 heterocycles. The molecule has 12 heteroatoms. The van der Waals surface area contributed by atoms with Gasteiger partial charge < -0.3 is 19.3 Å². The van der Waals surface area contributed by atoms with E-state index in [1.54, 1.807) is 38.1 Å². The zero-order valence-corrected chi connectivity index (χ0v) is 25.2. The summed E-state index contributed by atoms with van der Waals surface area (Å²) in [7, 11) is -2.29. The van der Waals surface area contributed by atoms with Gasteiger partial charge in [0.15, 0.2) is 6.29 Å². The van der Waals surface area contributed by atoms with Crippen LogP contribution in [0.15, 0.2) is 30.3 Å². The smallest absolute Gasteiger partial charge is 0.308 e. The van der Waals surface area contributed by atoms with Gasteiger partial charge in [-0.25, -0.2) is 27.1 Å². The van der Waals surface area contributed by atoms with Crippen LogP contribution in [-0.4, -0.2) is 74.5 Å². The number of sulfonamides is 1. The highest BCUT2D eigenvalue weighted by Crippen LogP contribution is 2.32. The number of nitrogens with zero attached hydrogens (tertiary/aromatic N) is 3. The minimum absolute atomic E-state index is 0.0265. The predicted molar refractivity (Wildman–Crippen MR) is 154 cm³/mol. The maximum Gasteiger partial charge on any atom is 0.308 e. The average Bonchev–Trinajstić information content (AvgIpc) is 2.91. The van der Waals surface area contributed by atoms with E-state index in [0.29, 0.717) is 35.7 Å². The Balaban J connectivity index is 1.98. The molecule has 0 aliphatic carbocycles. The summed E-state index contributed by atoms with van der Waals surface area (Å²) in [4.78, 5) is 21.4. The zero-order valence-electron chi connectivity index (χ0n) is 24.4. The molecule has 1 aliphatic rings. The van der Waals surface area contributed by atoms with Gasteiger partial charge in [-0.05, 0) is 36.6 Å². The third kappa shape index (κ3) is 9.29. The Labute approximate surface area is 241 Å². The second-order valence-electron chi connectivity index (χ2n) is 10.7.